The molecule has 0 spiro atoms. The predicted molar refractivity (Wildman–Crippen MR) is 62.7 cm³/mol. The lowest BCUT2D eigenvalue weighted by Crippen LogP contribution is -2.36. The van der Waals surface area contributed by atoms with Gasteiger partial charge in [-0.1, -0.05) is 0 Å². The number of hydrogen-bond donors (Lipinski definition) is 2. The summed E-state index contributed by atoms with van der Waals surface area (Å²) >= 11 is 0. The van der Waals surface area contributed by atoms with Gasteiger partial charge >= 0.3 is 0 Å². The van der Waals surface area contributed by atoms with Gasteiger partial charge in [-0.2, -0.15) is 0 Å². The molecule has 0 aliphatic carbocycles. The fraction of sp³-hybridized carbons (Fsp3) is 0.455. The Morgan fingerprint density at radius 3 is 2.33 bits per heavy atom. The summed E-state index contributed by atoms with van der Waals surface area (Å²) in [6, 6.07) is 3.94. The van der Waals surface area contributed by atoms with Crippen LogP contribution in [0.5, 0.6) is 0 Å². The van der Waals surface area contributed by atoms with Crippen LogP contribution in [-0.2, 0) is 6.54 Å². The first-order chi connectivity index (χ1) is 7.36. The van der Waals surface area contributed by atoms with Gasteiger partial charge in [0.15, 0.2) is 5.96 Å². The van der Waals surface area contributed by atoms with Gasteiger partial charge in [0, 0.05) is 25.5 Å². The normalized spacial score (nSPS) is 9.47. The topological polar surface area (TPSA) is 49.3 Å². The zero-order valence-electron chi connectivity index (χ0n) is 9.33. The van der Waals surface area contributed by atoms with Crippen LogP contribution in [0.1, 0.15) is 19.4 Å². The van der Waals surface area contributed by atoms with Crippen LogP contribution in [0.2, 0.25) is 0 Å². The first kappa shape index (κ1) is 11.5. The molecule has 0 fully saturated rings. The molecule has 0 atom stereocenters. The lowest BCUT2D eigenvalue weighted by molar-refractivity contribution is 0.839. The van der Waals surface area contributed by atoms with Gasteiger partial charge in [-0.3, -0.25) is 4.98 Å². The molecule has 4 nitrogen and oxygen atoms in total. The molecule has 1 heterocycles. The predicted octanol–water partition coefficient (Wildman–Crippen LogP) is 1.16. The zero-order valence-corrected chi connectivity index (χ0v) is 9.33. The Hall–Kier alpha value is -1.58. The third-order valence-corrected chi connectivity index (χ3v) is 1.86. The number of pyridine rings is 1. The molecule has 4 heteroatoms. The van der Waals surface area contributed by atoms with Crippen LogP contribution in [0.25, 0.3) is 0 Å². The number of aromatic nitrogens is 1. The Kier molecular flexibility index (Phi) is 5.22. The smallest absolute Gasteiger partial charge is 0.191 e. The summed E-state index contributed by atoms with van der Waals surface area (Å²) in [4.78, 5) is 8.41. The molecular weight excluding hydrogens is 188 g/mol. The minimum Gasteiger partial charge on any atom is -0.357 e. The Morgan fingerprint density at radius 1 is 1.20 bits per heavy atom. The first-order valence-electron chi connectivity index (χ1n) is 5.28. The molecule has 82 valence electrons. The highest BCUT2D eigenvalue weighted by Crippen LogP contribution is 1.97. The van der Waals surface area contributed by atoms with Crippen molar-refractivity contribution < 1.29 is 0 Å². The van der Waals surface area contributed by atoms with Crippen LogP contribution in [0.15, 0.2) is 29.5 Å². The molecule has 0 aliphatic rings. The molecule has 0 radical (unpaired) electrons. The van der Waals surface area contributed by atoms with Crippen LogP contribution in [0.4, 0.5) is 0 Å². The molecule has 0 saturated heterocycles. The van der Waals surface area contributed by atoms with Crippen molar-refractivity contribution in [2.24, 2.45) is 4.99 Å². The second-order valence-corrected chi connectivity index (χ2v) is 3.08. The summed E-state index contributed by atoms with van der Waals surface area (Å²) < 4.78 is 0. The van der Waals surface area contributed by atoms with Gasteiger partial charge in [-0.15, -0.1) is 0 Å². The fourth-order valence-electron chi connectivity index (χ4n) is 1.17. The summed E-state index contributed by atoms with van der Waals surface area (Å²) in [5, 5.41) is 6.35. The van der Waals surface area contributed by atoms with E-state index < -0.39 is 0 Å². The minimum atomic E-state index is 0.678. The van der Waals surface area contributed by atoms with Crippen molar-refractivity contribution in [1.82, 2.24) is 15.6 Å². The lowest BCUT2D eigenvalue weighted by Gasteiger charge is -2.08. The molecule has 2 N–H and O–H groups in total. The number of rotatable bonds is 4. The second kappa shape index (κ2) is 6.81. The summed E-state index contributed by atoms with van der Waals surface area (Å²) in [6.07, 6.45) is 3.57. The first-order valence-corrected chi connectivity index (χ1v) is 5.28. The highest BCUT2D eigenvalue weighted by Gasteiger charge is 1.94. The maximum absolute atomic E-state index is 4.44. The monoisotopic (exact) mass is 206 g/mol. The largest absolute Gasteiger partial charge is 0.357 e. The van der Waals surface area contributed by atoms with E-state index in [1.54, 1.807) is 12.4 Å². The molecule has 0 bridgehead atoms. The molecule has 1 aromatic heterocycles. The summed E-state index contributed by atoms with van der Waals surface area (Å²) in [6.45, 7) is 6.54. The van der Waals surface area contributed by atoms with E-state index in [0.717, 1.165) is 19.0 Å². The van der Waals surface area contributed by atoms with Crippen LogP contribution in [0, 0.1) is 0 Å². The molecule has 15 heavy (non-hydrogen) atoms. The summed E-state index contributed by atoms with van der Waals surface area (Å²) in [5.74, 6) is 0.858. The van der Waals surface area contributed by atoms with Gasteiger partial charge in [0.2, 0.25) is 0 Å². The van der Waals surface area contributed by atoms with E-state index in [-0.39, 0.29) is 0 Å². The molecule has 0 amide bonds. The summed E-state index contributed by atoms with van der Waals surface area (Å²) in [7, 11) is 0. The van der Waals surface area contributed by atoms with Gasteiger partial charge in [0.05, 0.1) is 6.54 Å². The Balaban J connectivity index is 2.53. The van der Waals surface area contributed by atoms with E-state index in [9.17, 15) is 0 Å². The van der Waals surface area contributed by atoms with E-state index in [1.807, 2.05) is 12.1 Å². The minimum absolute atomic E-state index is 0.678. The van der Waals surface area contributed by atoms with E-state index in [2.05, 4.69) is 34.5 Å². The molecule has 0 aliphatic heterocycles. The molecule has 0 aromatic carbocycles. The maximum atomic E-state index is 4.44. The van der Waals surface area contributed by atoms with E-state index >= 15 is 0 Å². The van der Waals surface area contributed by atoms with E-state index in [1.165, 1.54) is 5.56 Å². The third kappa shape index (κ3) is 4.44. The Bertz CT molecular complexity index is 287. The van der Waals surface area contributed by atoms with Crippen LogP contribution >= 0.6 is 0 Å². The van der Waals surface area contributed by atoms with Crippen molar-refractivity contribution >= 4 is 5.96 Å². The van der Waals surface area contributed by atoms with Crippen molar-refractivity contribution in [2.45, 2.75) is 20.4 Å². The fourth-order valence-corrected chi connectivity index (χ4v) is 1.17. The van der Waals surface area contributed by atoms with E-state index in [4.69, 9.17) is 0 Å². The lowest BCUT2D eigenvalue weighted by atomic mass is 10.3. The quantitative estimate of drug-likeness (QED) is 0.574. The number of nitrogens with zero attached hydrogens (tertiary/aromatic N) is 2. The molecule has 0 unspecified atom stereocenters. The average Bonchev–Trinajstić information content (AvgIpc) is 2.28. The van der Waals surface area contributed by atoms with Crippen molar-refractivity contribution in [3.05, 3.63) is 30.1 Å². The SMILES string of the molecule is CCNC(=NCc1ccncc1)NCC. The van der Waals surface area contributed by atoms with Crippen molar-refractivity contribution in [3.8, 4) is 0 Å². The summed E-state index contributed by atoms with van der Waals surface area (Å²) in [5.41, 5.74) is 1.17. The van der Waals surface area contributed by atoms with Crippen molar-refractivity contribution in [2.75, 3.05) is 13.1 Å². The van der Waals surface area contributed by atoms with Gasteiger partial charge < -0.3 is 10.6 Å². The maximum Gasteiger partial charge on any atom is 0.191 e. The molecule has 1 rings (SSSR count). The molecular formula is C11H18N4. The van der Waals surface area contributed by atoms with Crippen LogP contribution in [-0.4, -0.2) is 24.0 Å². The van der Waals surface area contributed by atoms with Gasteiger partial charge in [-0.25, -0.2) is 4.99 Å². The highest BCUT2D eigenvalue weighted by molar-refractivity contribution is 5.79. The Morgan fingerprint density at radius 2 is 1.80 bits per heavy atom. The molecule has 1 aromatic rings. The zero-order chi connectivity index (χ0) is 10.9. The third-order valence-electron chi connectivity index (χ3n) is 1.86. The average molecular weight is 206 g/mol. The number of nitrogens with one attached hydrogen (secondary N) is 2. The van der Waals surface area contributed by atoms with Gasteiger partial charge in [-0.05, 0) is 31.5 Å². The van der Waals surface area contributed by atoms with Crippen molar-refractivity contribution in [3.63, 3.8) is 0 Å². The molecule has 0 saturated carbocycles. The van der Waals surface area contributed by atoms with Gasteiger partial charge in [0.25, 0.3) is 0 Å². The van der Waals surface area contributed by atoms with E-state index in [0.29, 0.717) is 6.54 Å². The second-order valence-electron chi connectivity index (χ2n) is 3.08. The standard InChI is InChI=1S/C11H18N4/c1-3-13-11(14-4-2)15-9-10-5-7-12-8-6-10/h5-8H,3-4,9H2,1-2H3,(H2,13,14,15). The Labute approximate surface area is 90.8 Å². The highest BCUT2D eigenvalue weighted by atomic mass is 15.2. The number of aliphatic imine (C=N–C) groups is 1. The van der Waals surface area contributed by atoms with Crippen molar-refractivity contribution in [1.29, 1.82) is 0 Å². The van der Waals surface area contributed by atoms with Crippen LogP contribution in [0.3, 0.4) is 0 Å². The number of hydrogen-bond acceptors (Lipinski definition) is 2. The van der Waals surface area contributed by atoms with Crippen LogP contribution < -0.4 is 10.6 Å². The number of guanidine groups is 1. The van der Waals surface area contributed by atoms with Gasteiger partial charge in [0.1, 0.15) is 0 Å².